The molecule has 20 heavy (non-hydrogen) atoms. The summed E-state index contributed by atoms with van der Waals surface area (Å²) < 4.78 is 11.0. The minimum absolute atomic E-state index is 0.0877. The van der Waals surface area contributed by atoms with Crippen LogP contribution in [0.3, 0.4) is 0 Å². The highest BCUT2D eigenvalue weighted by Crippen LogP contribution is 2.40. The van der Waals surface area contributed by atoms with Crippen molar-refractivity contribution in [3.8, 4) is 0 Å². The van der Waals surface area contributed by atoms with Gasteiger partial charge in [-0.1, -0.05) is 19.3 Å². The van der Waals surface area contributed by atoms with Gasteiger partial charge in [0.15, 0.2) is 0 Å². The SMILES string of the molecule is COC(=O)CN(C(C)C)C1CCOC2(CCCCC2)C1. The van der Waals surface area contributed by atoms with Crippen molar-refractivity contribution in [1.29, 1.82) is 0 Å². The zero-order valence-corrected chi connectivity index (χ0v) is 13.2. The molecular formula is C16H29NO3. The van der Waals surface area contributed by atoms with Crippen LogP contribution in [-0.2, 0) is 14.3 Å². The lowest BCUT2D eigenvalue weighted by Crippen LogP contribution is -2.52. The Bertz CT molecular complexity index is 318. The van der Waals surface area contributed by atoms with Crippen LogP contribution in [0.5, 0.6) is 0 Å². The molecule has 1 spiro atoms. The summed E-state index contributed by atoms with van der Waals surface area (Å²) in [5.41, 5.74) is 0.0877. The Labute approximate surface area is 122 Å². The first-order valence-corrected chi connectivity index (χ1v) is 8.03. The van der Waals surface area contributed by atoms with E-state index in [4.69, 9.17) is 9.47 Å². The molecule has 1 atom stereocenters. The molecule has 0 aromatic carbocycles. The number of carbonyl (C=O) groups excluding carboxylic acids is 1. The van der Waals surface area contributed by atoms with Gasteiger partial charge in [0.1, 0.15) is 0 Å². The Morgan fingerprint density at radius 2 is 2.05 bits per heavy atom. The molecule has 0 aromatic rings. The third kappa shape index (κ3) is 3.73. The second-order valence-electron chi connectivity index (χ2n) is 6.58. The van der Waals surface area contributed by atoms with E-state index in [1.165, 1.54) is 39.2 Å². The van der Waals surface area contributed by atoms with Gasteiger partial charge in [-0.2, -0.15) is 0 Å². The Hall–Kier alpha value is -0.610. The first kappa shape index (κ1) is 15.8. The summed E-state index contributed by atoms with van der Waals surface area (Å²) in [7, 11) is 1.47. The highest BCUT2D eigenvalue weighted by Gasteiger charge is 2.41. The maximum atomic E-state index is 11.6. The van der Waals surface area contributed by atoms with Gasteiger partial charge in [0, 0.05) is 18.7 Å². The Kier molecular flexibility index (Phi) is 5.44. The van der Waals surface area contributed by atoms with Gasteiger partial charge in [0.2, 0.25) is 0 Å². The maximum absolute atomic E-state index is 11.6. The number of hydrogen-bond acceptors (Lipinski definition) is 4. The molecule has 0 bridgehead atoms. The van der Waals surface area contributed by atoms with Crippen LogP contribution in [0.15, 0.2) is 0 Å². The summed E-state index contributed by atoms with van der Waals surface area (Å²) in [4.78, 5) is 13.9. The van der Waals surface area contributed by atoms with Gasteiger partial charge < -0.3 is 9.47 Å². The summed E-state index contributed by atoms with van der Waals surface area (Å²) in [6, 6.07) is 0.804. The molecule has 1 saturated carbocycles. The molecule has 0 radical (unpaired) electrons. The van der Waals surface area contributed by atoms with E-state index >= 15 is 0 Å². The molecule has 4 nitrogen and oxygen atoms in total. The van der Waals surface area contributed by atoms with E-state index in [1.807, 2.05) is 0 Å². The van der Waals surface area contributed by atoms with Gasteiger partial charge in [-0.15, -0.1) is 0 Å². The number of hydrogen-bond donors (Lipinski definition) is 0. The Balaban J connectivity index is 2.02. The van der Waals surface area contributed by atoms with Crippen molar-refractivity contribution in [2.75, 3.05) is 20.3 Å². The molecule has 2 aliphatic rings. The van der Waals surface area contributed by atoms with Crippen molar-refractivity contribution in [2.24, 2.45) is 0 Å². The minimum Gasteiger partial charge on any atom is -0.468 e. The van der Waals surface area contributed by atoms with Crippen LogP contribution >= 0.6 is 0 Å². The largest absolute Gasteiger partial charge is 0.468 e. The standard InChI is InChI=1S/C16H29NO3/c1-13(2)17(12-15(18)19-3)14-7-10-20-16(11-14)8-5-4-6-9-16/h13-14H,4-12H2,1-3H3. The van der Waals surface area contributed by atoms with Crippen molar-refractivity contribution in [3.63, 3.8) is 0 Å². The van der Waals surface area contributed by atoms with Crippen molar-refractivity contribution >= 4 is 5.97 Å². The molecule has 1 saturated heterocycles. The summed E-state index contributed by atoms with van der Waals surface area (Å²) >= 11 is 0. The molecule has 0 N–H and O–H groups in total. The van der Waals surface area contributed by atoms with Crippen LogP contribution < -0.4 is 0 Å². The van der Waals surface area contributed by atoms with Gasteiger partial charge >= 0.3 is 5.97 Å². The van der Waals surface area contributed by atoms with Crippen molar-refractivity contribution in [1.82, 2.24) is 4.90 Å². The fourth-order valence-electron chi connectivity index (χ4n) is 3.78. The Morgan fingerprint density at radius 1 is 1.35 bits per heavy atom. The van der Waals surface area contributed by atoms with E-state index in [1.54, 1.807) is 0 Å². The molecule has 4 heteroatoms. The van der Waals surface area contributed by atoms with Crippen LogP contribution in [0.2, 0.25) is 0 Å². The highest BCUT2D eigenvalue weighted by atomic mass is 16.5. The van der Waals surface area contributed by atoms with Crippen LogP contribution in [-0.4, -0.2) is 48.8 Å². The van der Waals surface area contributed by atoms with Crippen LogP contribution in [0.4, 0.5) is 0 Å². The first-order valence-electron chi connectivity index (χ1n) is 8.03. The zero-order valence-electron chi connectivity index (χ0n) is 13.2. The maximum Gasteiger partial charge on any atom is 0.319 e. The van der Waals surface area contributed by atoms with Gasteiger partial charge in [0.05, 0.1) is 19.3 Å². The van der Waals surface area contributed by atoms with E-state index < -0.39 is 0 Å². The second-order valence-corrected chi connectivity index (χ2v) is 6.58. The third-order valence-corrected chi connectivity index (χ3v) is 4.90. The average Bonchev–Trinajstić information content (AvgIpc) is 2.45. The predicted octanol–water partition coefficient (Wildman–Crippen LogP) is 2.75. The normalized spacial score (nSPS) is 26.1. The molecular weight excluding hydrogens is 254 g/mol. The molecule has 0 aromatic heterocycles. The second kappa shape index (κ2) is 6.90. The van der Waals surface area contributed by atoms with Crippen LogP contribution in [0, 0.1) is 0 Å². The number of ether oxygens (including phenoxy) is 2. The predicted molar refractivity (Wildman–Crippen MR) is 78.6 cm³/mol. The molecule has 1 aliphatic carbocycles. The molecule has 1 heterocycles. The molecule has 0 amide bonds. The third-order valence-electron chi connectivity index (χ3n) is 4.90. The van der Waals surface area contributed by atoms with E-state index in [2.05, 4.69) is 18.7 Å². The number of rotatable bonds is 4. The molecule has 116 valence electrons. The lowest BCUT2D eigenvalue weighted by molar-refractivity contribution is -0.149. The van der Waals surface area contributed by atoms with E-state index in [0.29, 0.717) is 18.6 Å². The summed E-state index contributed by atoms with van der Waals surface area (Å²) in [5, 5.41) is 0. The number of methoxy groups -OCH3 is 1. The lowest BCUT2D eigenvalue weighted by Gasteiger charge is -2.47. The lowest BCUT2D eigenvalue weighted by atomic mass is 9.77. The number of esters is 1. The average molecular weight is 283 g/mol. The molecule has 1 aliphatic heterocycles. The smallest absolute Gasteiger partial charge is 0.319 e. The fourth-order valence-corrected chi connectivity index (χ4v) is 3.78. The van der Waals surface area contributed by atoms with Gasteiger partial charge in [0.25, 0.3) is 0 Å². The minimum atomic E-state index is -0.136. The van der Waals surface area contributed by atoms with Crippen molar-refractivity contribution in [3.05, 3.63) is 0 Å². The van der Waals surface area contributed by atoms with Gasteiger partial charge in [-0.05, 0) is 39.5 Å². The monoisotopic (exact) mass is 283 g/mol. The van der Waals surface area contributed by atoms with E-state index in [-0.39, 0.29) is 11.6 Å². The van der Waals surface area contributed by atoms with E-state index in [0.717, 1.165) is 19.4 Å². The summed E-state index contributed by atoms with van der Waals surface area (Å²) in [5.74, 6) is -0.136. The zero-order chi connectivity index (χ0) is 14.6. The quantitative estimate of drug-likeness (QED) is 0.744. The topological polar surface area (TPSA) is 38.8 Å². The first-order chi connectivity index (χ1) is 9.56. The van der Waals surface area contributed by atoms with Crippen molar-refractivity contribution < 1.29 is 14.3 Å². The molecule has 1 unspecified atom stereocenters. The van der Waals surface area contributed by atoms with Gasteiger partial charge in [-0.25, -0.2) is 0 Å². The van der Waals surface area contributed by atoms with Crippen LogP contribution in [0.1, 0.15) is 58.8 Å². The highest BCUT2D eigenvalue weighted by molar-refractivity contribution is 5.71. The summed E-state index contributed by atoms with van der Waals surface area (Å²) in [6.45, 7) is 5.54. The van der Waals surface area contributed by atoms with Gasteiger partial charge in [-0.3, -0.25) is 9.69 Å². The fraction of sp³-hybridized carbons (Fsp3) is 0.938. The number of carbonyl (C=O) groups is 1. The number of nitrogens with zero attached hydrogens (tertiary/aromatic N) is 1. The summed E-state index contributed by atoms with van der Waals surface area (Å²) in [6.07, 6.45) is 8.38. The Morgan fingerprint density at radius 3 is 2.65 bits per heavy atom. The van der Waals surface area contributed by atoms with E-state index in [9.17, 15) is 4.79 Å². The van der Waals surface area contributed by atoms with Crippen LogP contribution in [0.25, 0.3) is 0 Å². The van der Waals surface area contributed by atoms with Crippen molar-refractivity contribution in [2.45, 2.75) is 76.5 Å². The molecule has 2 rings (SSSR count). The molecule has 2 fully saturated rings.